The van der Waals surface area contributed by atoms with Crippen molar-refractivity contribution in [3.8, 4) is 67.5 Å². The van der Waals surface area contributed by atoms with Crippen molar-refractivity contribution >= 4 is 0 Å². The molecule has 13 rings (SSSR count). The molecular weight excluding hydrogens is 835 g/mol. The van der Waals surface area contributed by atoms with Crippen LogP contribution in [0.2, 0.25) is 0 Å². The van der Waals surface area contributed by atoms with Gasteiger partial charge in [-0.25, -0.2) is 15.0 Å². The van der Waals surface area contributed by atoms with Gasteiger partial charge in [-0.2, -0.15) is 0 Å². The van der Waals surface area contributed by atoms with Crippen molar-refractivity contribution in [2.75, 3.05) is 0 Å². The molecule has 0 amide bonds. The summed E-state index contributed by atoms with van der Waals surface area (Å²) >= 11 is 0. The van der Waals surface area contributed by atoms with Gasteiger partial charge in [-0.15, -0.1) is 0 Å². The number of fused-ring (bicyclic) bond motifs is 8. The van der Waals surface area contributed by atoms with Gasteiger partial charge in [-0.3, -0.25) is 0 Å². The molecule has 2 bridgehead atoms. The Morgan fingerprint density at radius 1 is 0.377 bits per heavy atom. The molecule has 3 nitrogen and oxygen atoms in total. The Morgan fingerprint density at radius 3 is 1.54 bits per heavy atom. The Morgan fingerprint density at radius 2 is 0.884 bits per heavy atom. The van der Waals surface area contributed by atoms with E-state index in [0.29, 0.717) is 17.5 Å². The Bertz CT molecular complexity index is 3370. The van der Waals surface area contributed by atoms with E-state index >= 15 is 0 Å². The highest BCUT2D eigenvalue weighted by atomic mass is 15.0. The van der Waals surface area contributed by atoms with Crippen molar-refractivity contribution in [3.63, 3.8) is 0 Å². The van der Waals surface area contributed by atoms with E-state index in [1.165, 1.54) is 104 Å². The van der Waals surface area contributed by atoms with Crippen molar-refractivity contribution in [2.24, 2.45) is 17.8 Å². The average Bonchev–Trinajstić information content (AvgIpc) is 3.81. The van der Waals surface area contributed by atoms with Gasteiger partial charge in [-0.05, 0) is 146 Å². The minimum absolute atomic E-state index is 0.280. The van der Waals surface area contributed by atoms with Crippen LogP contribution >= 0.6 is 0 Å². The van der Waals surface area contributed by atoms with Gasteiger partial charge in [0.25, 0.3) is 0 Å². The molecule has 0 N–H and O–H groups in total. The average molecular weight is 892 g/mol. The Balaban J connectivity index is 1.02. The SMILES string of the molecule is CC1CC2CC(C)CC(c3ccc(-c4cc(-c5nc(-c6ccccc6)nc(-c6ccc7c(c6)C(c6ccccc6)(c6ccccc6)c6ccccc6-7)n5)c5c(c4)-c4ccccc4C5(C)C)cc3)(C1)C2. The van der Waals surface area contributed by atoms with Crippen LogP contribution in [0.5, 0.6) is 0 Å². The molecule has 1 aromatic heterocycles. The third-order valence-corrected chi connectivity index (χ3v) is 16.7. The van der Waals surface area contributed by atoms with E-state index in [9.17, 15) is 0 Å². The van der Waals surface area contributed by atoms with Crippen LogP contribution in [-0.2, 0) is 16.2 Å². The van der Waals surface area contributed by atoms with Crippen LogP contribution in [0, 0.1) is 17.8 Å². The van der Waals surface area contributed by atoms with E-state index in [2.05, 4.69) is 222 Å². The smallest absolute Gasteiger partial charge is 0.164 e. The molecule has 69 heavy (non-hydrogen) atoms. The molecule has 336 valence electrons. The van der Waals surface area contributed by atoms with Crippen LogP contribution in [0.1, 0.15) is 98.7 Å². The van der Waals surface area contributed by atoms with Crippen LogP contribution in [-0.4, -0.2) is 15.0 Å². The summed E-state index contributed by atoms with van der Waals surface area (Å²) in [5.41, 5.74) is 18.9. The summed E-state index contributed by atoms with van der Waals surface area (Å²) in [6.07, 6.45) is 6.69. The first-order valence-electron chi connectivity index (χ1n) is 25.3. The number of benzene rings is 8. The second-order valence-corrected chi connectivity index (χ2v) is 21.6. The summed E-state index contributed by atoms with van der Waals surface area (Å²) in [7, 11) is 0. The number of aromatic nitrogens is 3. The summed E-state index contributed by atoms with van der Waals surface area (Å²) in [5.74, 6) is 4.39. The molecule has 2 unspecified atom stereocenters. The maximum Gasteiger partial charge on any atom is 0.164 e. The second-order valence-electron chi connectivity index (χ2n) is 21.6. The lowest BCUT2D eigenvalue weighted by atomic mass is 9.54. The fourth-order valence-electron chi connectivity index (χ4n) is 14.3. The highest BCUT2D eigenvalue weighted by Gasteiger charge is 2.47. The summed E-state index contributed by atoms with van der Waals surface area (Å²) in [6, 6.07) is 71.8. The quantitative estimate of drug-likeness (QED) is 0.160. The fraction of sp³-hybridized carbons (Fsp3) is 0.227. The van der Waals surface area contributed by atoms with E-state index in [4.69, 9.17) is 15.0 Å². The van der Waals surface area contributed by atoms with Crippen LogP contribution in [0.15, 0.2) is 194 Å². The topological polar surface area (TPSA) is 38.7 Å². The molecule has 8 aromatic carbocycles. The van der Waals surface area contributed by atoms with E-state index in [0.717, 1.165) is 34.4 Å². The first-order chi connectivity index (χ1) is 33.7. The number of hydrogen-bond acceptors (Lipinski definition) is 3. The zero-order valence-corrected chi connectivity index (χ0v) is 40.1. The maximum atomic E-state index is 5.61. The minimum Gasteiger partial charge on any atom is -0.208 e. The number of hydrogen-bond donors (Lipinski definition) is 0. The highest BCUT2D eigenvalue weighted by molar-refractivity contribution is 5.92. The Labute approximate surface area is 407 Å². The molecule has 2 saturated carbocycles. The third kappa shape index (κ3) is 6.57. The molecule has 3 heteroatoms. The van der Waals surface area contributed by atoms with Gasteiger partial charge in [-0.1, -0.05) is 204 Å². The van der Waals surface area contributed by atoms with Gasteiger partial charge in [0.15, 0.2) is 17.5 Å². The zero-order valence-electron chi connectivity index (χ0n) is 40.1. The maximum absolute atomic E-state index is 5.61. The lowest BCUT2D eigenvalue weighted by molar-refractivity contribution is 0.0780. The van der Waals surface area contributed by atoms with Crippen molar-refractivity contribution in [1.82, 2.24) is 15.0 Å². The van der Waals surface area contributed by atoms with Gasteiger partial charge in [0.2, 0.25) is 0 Å². The summed E-state index contributed by atoms with van der Waals surface area (Å²) in [6.45, 7) is 9.70. The van der Waals surface area contributed by atoms with Crippen molar-refractivity contribution in [2.45, 2.75) is 76.0 Å². The fourth-order valence-corrected chi connectivity index (χ4v) is 14.3. The number of rotatable bonds is 7. The Hall–Kier alpha value is -7.23. The molecule has 0 aliphatic heterocycles. The van der Waals surface area contributed by atoms with E-state index in [-0.39, 0.29) is 10.8 Å². The standard InChI is InChI=1S/C66H57N3/c1-42-34-44-35-43(2)40-65(39-42,41-44)49-31-28-45(29-32-49)48-36-55-53-25-14-16-26-57(53)64(3,4)60(55)56(37-48)63-68-61(46-18-8-5-9-19-46)67-62(69-63)47-30-33-54-52-24-15-17-27-58(52)66(59(54)38-47,50-20-10-6-11-21-50)51-22-12-7-13-23-51/h5-33,36-38,42-44H,34-35,39-41H2,1-4H3. The molecule has 2 fully saturated rings. The molecule has 4 aliphatic rings. The highest BCUT2D eigenvalue weighted by Crippen LogP contribution is 2.58. The van der Waals surface area contributed by atoms with Crippen molar-refractivity contribution in [3.05, 3.63) is 233 Å². The van der Waals surface area contributed by atoms with E-state index in [1.54, 1.807) is 0 Å². The minimum atomic E-state index is -0.547. The van der Waals surface area contributed by atoms with Gasteiger partial charge >= 0.3 is 0 Å². The van der Waals surface area contributed by atoms with Gasteiger partial charge in [0.1, 0.15) is 0 Å². The van der Waals surface area contributed by atoms with Crippen molar-refractivity contribution in [1.29, 1.82) is 0 Å². The molecular formula is C66H57N3. The summed E-state index contributed by atoms with van der Waals surface area (Å²) in [4.78, 5) is 16.5. The Kier molecular flexibility index (Phi) is 9.67. The predicted molar refractivity (Wildman–Crippen MR) is 283 cm³/mol. The van der Waals surface area contributed by atoms with Gasteiger partial charge in [0, 0.05) is 22.1 Å². The molecule has 0 spiro atoms. The van der Waals surface area contributed by atoms with Crippen LogP contribution in [0.3, 0.4) is 0 Å². The van der Waals surface area contributed by atoms with Crippen LogP contribution in [0.4, 0.5) is 0 Å². The summed E-state index contributed by atoms with van der Waals surface area (Å²) < 4.78 is 0. The van der Waals surface area contributed by atoms with Crippen LogP contribution in [0.25, 0.3) is 67.5 Å². The van der Waals surface area contributed by atoms with E-state index < -0.39 is 5.41 Å². The molecule has 0 saturated heterocycles. The monoisotopic (exact) mass is 891 g/mol. The molecule has 9 aromatic rings. The van der Waals surface area contributed by atoms with Crippen LogP contribution < -0.4 is 0 Å². The zero-order chi connectivity index (χ0) is 46.5. The van der Waals surface area contributed by atoms with Crippen molar-refractivity contribution < 1.29 is 0 Å². The van der Waals surface area contributed by atoms with E-state index in [1.807, 2.05) is 0 Å². The normalized spacial score (nSPS) is 21.2. The number of nitrogens with zero attached hydrogens (tertiary/aromatic N) is 3. The lowest BCUT2D eigenvalue weighted by Crippen LogP contribution is -2.42. The predicted octanol–water partition coefficient (Wildman–Crippen LogP) is 16.3. The second kappa shape index (κ2) is 15.9. The largest absolute Gasteiger partial charge is 0.208 e. The molecule has 2 atom stereocenters. The van der Waals surface area contributed by atoms with Gasteiger partial charge < -0.3 is 0 Å². The van der Waals surface area contributed by atoms with Gasteiger partial charge in [0.05, 0.1) is 5.41 Å². The molecule has 4 aliphatic carbocycles. The first-order valence-corrected chi connectivity index (χ1v) is 25.3. The first kappa shape index (κ1) is 41.9. The third-order valence-electron chi connectivity index (χ3n) is 16.7. The molecule has 0 radical (unpaired) electrons. The lowest BCUT2D eigenvalue weighted by Gasteiger charge is -2.50. The summed E-state index contributed by atoms with van der Waals surface area (Å²) in [5, 5.41) is 0. The molecule has 1 heterocycles.